The molecule has 98 valence electrons. The van der Waals surface area contributed by atoms with Crippen LogP contribution in [0.25, 0.3) is 0 Å². The van der Waals surface area contributed by atoms with Crippen LogP contribution in [0, 0.1) is 176 Å². The van der Waals surface area contributed by atoms with Gasteiger partial charge in [-0.05, 0) is 6.92 Å². The molecule has 1 heterocycles. The minimum Gasteiger partial charge on any atom is -0.394 e. The molecule has 4 radical (unpaired) electrons. The molecule has 5 nitrogen and oxygen atoms in total. The van der Waals surface area contributed by atoms with Gasteiger partial charge in [0.1, 0.15) is 24.4 Å². The Labute approximate surface area is 252 Å². The van der Waals surface area contributed by atoms with Crippen molar-refractivity contribution in [2.75, 3.05) is 6.61 Å². The second-order valence-corrected chi connectivity index (χ2v) is 3.03. The molecule has 3 unspecified atom stereocenters. The average Bonchev–Trinajstić information content (AvgIpc) is 2.23. The quantitative estimate of drug-likeness (QED) is 0.268. The average molecular weight is 1120 g/mol. The van der Waals surface area contributed by atoms with Gasteiger partial charge in [0, 0.05) is 176 Å². The molecule has 18 heavy (non-hydrogen) atoms. The van der Waals surface area contributed by atoms with Crippen LogP contribution in [0.4, 0.5) is 0 Å². The molecular formula is C9H20Ac4O5. The first-order valence-electron chi connectivity index (χ1n) is 4.88. The molecule has 4 N–H and O–H groups in total. The van der Waals surface area contributed by atoms with Crippen LogP contribution in [0.15, 0.2) is 0 Å². The van der Waals surface area contributed by atoms with Gasteiger partial charge in [-0.2, -0.15) is 0 Å². The first-order valence-corrected chi connectivity index (χ1v) is 4.88. The largest absolute Gasteiger partial charge is 0.394 e. The van der Waals surface area contributed by atoms with Crippen LogP contribution in [0.1, 0.15) is 20.8 Å². The maximum Gasteiger partial charge on any atom is 0.111 e. The van der Waals surface area contributed by atoms with Crippen molar-refractivity contribution in [3.05, 3.63) is 0 Å². The van der Waals surface area contributed by atoms with Crippen LogP contribution in [-0.4, -0.2) is 57.6 Å². The summed E-state index contributed by atoms with van der Waals surface area (Å²) in [5, 5.41) is 36.4. The van der Waals surface area contributed by atoms with Crippen LogP contribution in [0.2, 0.25) is 0 Å². The topological polar surface area (TPSA) is 90.2 Å². The van der Waals surface area contributed by atoms with Crippen molar-refractivity contribution in [2.24, 2.45) is 0 Å². The van der Waals surface area contributed by atoms with E-state index in [0.29, 0.717) is 0 Å². The van der Waals surface area contributed by atoms with Crippen LogP contribution in [-0.2, 0) is 4.74 Å². The Balaban J connectivity index is -0.0000000894. The summed E-state index contributed by atoms with van der Waals surface area (Å²) >= 11 is 0. The predicted octanol–water partition coefficient (Wildman–Crippen LogP) is -1.13. The fourth-order valence-corrected chi connectivity index (χ4v) is 1.29. The molecule has 0 bridgehead atoms. The monoisotopic (exact) mass is 1120 g/mol. The third-order valence-corrected chi connectivity index (χ3v) is 2.13. The molecule has 1 rings (SSSR count). The Kier molecular flexibility index (Phi) is 39.9. The van der Waals surface area contributed by atoms with Crippen molar-refractivity contribution in [1.82, 2.24) is 0 Å². The Morgan fingerprint density at radius 2 is 1.22 bits per heavy atom. The van der Waals surface area contributed by atoms with Crippen LogP contribution < -0.4 is 0 Å². The Hall–Kier alpha value is 5.57. The summed E-state index contributed by atoms with van der Waals surface area (Å²) in [6, 6.07) is 0. The van der Waals surface area contributed by atoms with Gasteiger partial charge >= 0.3 is 0 Å². The second-order valence-electron chi connectivity index (χ2n) is 3.03. The van der Waals surface area contributed by atoms with Gasteiger partial charge in [-0.25, -0.2) is 0 Å². The molecule has 9 heteroatoms. The number of aliphatic hydroxyl groups excluding tert-OH is 4. The molecule has 1 aliphatic rings. The van der Waals surface area contributed by atoms with Gasteiger partial charge in [0.05, 0.1) is 12.7 Å². The minimum atomic E-state index is -1.24. The van der Waals surface area contributed by atoms with Gasteiger partial charge in [-0.1, -0.05) is 13.8 Å². The van der Waals surface area contributed by atoms with E-state index in [0.717, 1.165) is 0 Å². The van der Waals surface area contributed by atoms with E-state index in [1.54, 1.807) is 6.92 Å². The number of rotatable bonds is 1. The minimum absolute atomic E-state index is 0. The van der Waals surface area contributed by atoms with E-state index in [4.69, 9.17) is 9.84 Å². The van der Waals surface area contributed by atoms with Crippen molar-refractivity contribution in [3.8, 4) is 0 Å². The van der Waals surface area contributed by atoms with E-state index in [2.05, 4.69) is 0 Å². The zero-order valence-electron chi connectivity index (χ0n) is 11.1. The molecule has 0 spiro atoms. The predicted molar refractivity (Wildman–Crippen MR) is 50.8 cm³/mol. The van der Waals surface area contributed by atoms with Crippen LogP contribution >= 0.6 is 0 Å². The zero-order chi connectivity index (χ0) is 11.3. The molecule has 1 fully saturated rings. The van der Waals surface area contributed by atoms with E-state index < -0.39 is 30.5 Å². The van der Waals surface area contributed by atoms with Crippen molar-refractivity contribution >= 4 is 0 Å². The SMILES string of the molecule is CC.C[C@@H]1O[C@H](CO)C(O)C(O)C1O.[Ac].[Ac].[Ac].[Ac]. The number of hydrogen-bond acceptors (Lipinski definition) is 5. The van der Waals surface area contributed by atoms with E-state index in [9.17, 15) is 15.3 Å². The Morgan fingerprint density at radius 1 is 0.833 bits per heavy atom. The molecule has 1 saturated heterocycles. The summed E-state index contributed by atoms with van der Waals surface area (Å²) in [5.41, 5.74) is 0. The first kappa shape index (κ1) is 34.8. The molecule has 1 aliphatic heterocycles. The molecule has 0 aliphatic carbocycles. The summed E-state index contributed by atoms with van der Waals surface area (Å²) in [6.45, 7) is 5.21. The smallest absolute Gasteiger partial charge is 0.111 e. The third kappa shape index (κ3) is 12.0. The number of hydrogen-bond donors (Lipinski definition) is 4. The Morgan fingerprint density at radius 3 is 1.56 bits per heavy atom. The summed E-state index contributed by atoms with van der Waals surface area (Å²) in [4.78, 5) is 0. The van der Waals surface area contributed by atoms with Gasteiger partial charge in [0.15, 0.2) is 0 Å². The molecule has 0 aromatic rings. The summed E-state index contributed by atoms with van der Waals surface area (Å²) in [5.74, 6) is 0. The maximum atomic E-state index is 9.23. The normalized spacial score (nSPS) is 33.2. The van der Waals surface area contributed by atoms with Crippen LogP contribution in [0.5, 0.6) is 0 Å². The number of aliphatic hydroxyl groups is 4. The van der Waals surface area contributed by atoms with E-state index in [-0.39, 0.29) is 183 Å². The van der Waals surface area contributed by atoms with E-state index in [1.807, 2.05) is 13.8 Å². The number of ether oxygens (including phenoxy) is 1. The molecular weight excluding hydrogens is 1100 g/mol. The van der Waals surface area contributed by atoms with Crippen molar-refractivity contribution < 1.29 is 201 Å². The van der Waals surface area contributed by atoms with Crippen molar-refractivity contribution in [3.63, 3.8) is 0 Å². The van der Waals surface area contributed by atoms with Crippen LogP contribution in [0.3, 0.4) is 0 Å². The summed E-state index contributed by atoms with van der Waals surface area (Å²) < 4.78 is 5.02. The van der Waals surface area contributed by atoms with E-state index >= 15 is 0 Å². The zero-order valence-corrected chi connectivity index (χ0v) is 30.1. The fourth-order valence-electron chi connectivity index (χ4n) is 1.29. The Bertz CT molecular complexity index is 161. The second kappa shape index (κ2) is 20.6. The first-order chi connectivity index (χ1) is 6.57. The standard InChI is InChI=1S/C7H14O5.C2H6.4Ac/c1-3-5(9)7(11)6(10)4(2-8)12-3;1-2;;;;/h3-11H,2H2,1H3;1-2H3;;;;/t3-,4+,5?,6?,7?;;;;;/m0...../s1. The van der Waals surface area contributed by atoms with Crippen molar-refractivity contribution in [1.29, 1.82) is 0 Å². The van der Waals surface area contributed by atoms with Gasteiger partial charge < -0.3 is 25.2 Å². The van der Waals surface area contributed by atoms with Gasteiger partial charge in [-0.3, -0.25) is 0 Å². The molecule has 0 aromatic heterocycles. The van der Waals surface area contributed by atoms with Crippen molar-refractivity contribution in [2.45, 2.75) is 51.3 Å². The van der Waals surface area contributed by atoms with Gasteiger partial charge in [-0.15, -0.1) is 0 Å². The van der Waals surface area contributed by atoms with E-state index in [1.165, 1.54) is 0 Å². The summed E-state index contributed by atoms with van der Waals surface area (Å²) in [6.07, 6.45) is -4.94. The molecule has 0 saturated carbocycles. The maximum absolute atomic E-state index is 9.23. The molecule has 0 amide bonds. The fraction of sp³-hybridized carbons (Fsp3) is 1.00. The third-order valence-electron chi connectivity index (χ3n) is 2.13. The van der Waals surface area contributed by atoms with Gasteiger partial charge in [0.2, 0.25) is 0 Å². The summed E-state index contributed by atoms with van der Waals surface area (Å²) in [7, 11) is 0. The molecule has 5 atom stereocenters. The molecule has 0 aromatic carbocycles. The van der Waals surface area contributed by atoms with Gasteiger partial charge in [0.25, 0.3) is 0 Å².